The van der Waals surface area contributed by atoms with Gasteiger partial charge in [0.25, 0.3) is 0 Å². The molecule has 1 N–H and O–H groups in total. The molecule has 176 valence electrons. The molecule has 0 spiro atoms. The van der Waals surface area contributed by atoms with Gasteiger partial charge in [0.15, 0.2) is 5.82 Å². The van der Waals surface area contributed by atoms with Crippen molar-refractivity contribution in [1.82, 2.24) is 9.97 Å². The van der Waals surface area contributed by atoms with Gasteiger partial charge in [-0.2, -0.15) is 5.26 Å². The summed E-state index contributed by atoms with van der Waals surface area (Å²) in [6.45, 7) is 10.5. The van der Waals surface area contributed by atoms with Crippen LogP contribution in [0.2, 0.25) is 0 Å². The minimum absolute atomic E-state index is 0.0975. The van der Waals surface area contributed by atoms with E-state index in [1.807, 2.05) is 42.5 Å². The minimum Gasteiger partial charge on any atom is -0.497 e. The maximum Gasteiger partial charge on any atom is 0.343 e. The molecule has 0 fully saturated rings. The highest BCUT2D eigenvalue weighted by Gasteiger charge is 2.22. The monoisotopic (exact) mass is 458 g/mol. The zero-order valence-corrected chi connectivity index (χ0v) is 20.5. The Kier molecular flexibility index (Phi) is 7.52. The molecule has 1 heterocycles. The molecule has 7 nitrogen and oxygen atoms in total. The predicted octanol–water partition coefficient (Wildman–Crippen LogP) is 5.42. The summed E-state index contributed by atoms with van der Waals surface area (Å²) in [5.41, 5.74) is 3.79. The number of benzene rings is 2. The van der Waals surface area contributed by atoms with Crippen LogP contribution in [0.25, 0.3) is 11.4 Å². The highest BCUT2D eigenvalue weighted by molar-refractivity contribution is 5.96. The van der Waals surface area contributed by atoms with E-state index < -0.39 is 5.97 Å². The van der Waals surface area contributed by atoms with Gasteiger partial charge >= 0.3 is 5.97 Å². The number of rotatable bonds is 7. The van der Waals surface area contributed by atoms with Crippen molar-refractivity contribution in [3.8, 4) is 23.2 Å². The number of esters is 1. The third-order valence-electron chi connectivity index (χ3n) is 5.44. The van der Waals surface area contributed by atoms with Crippen LogP contribution in [0, 0.1) is 18.3 Å². The first-order chi connectivity index (χ1) is 16.2. The summed E-state index contributed by atoms with van der Waals surface area (Å²) < 4.78 is 10.5. The third kappa shape index (κ3) is 5.52. The Morgan fingerprint density at radius 3 is 2.41 bits per heavy atom. The molecule has 3 aromatic rings. The van der Waals surface area contributed by atoms with Gasteiger partial charge in [-0.1, -0.05) is 39.0 Å². The molecule has 0 aliphatic heterocycles. The van der Waals surface area contributed by atoms with E-state index in [0.29, 0.717) is 35.0 Å². The zero-order valence-electron chi connectivity index (χ0n) is 20.5. The molecule has 0 aliphatic rings. The van der Waals surface area contributed by atoms with Gasteiger partial charge in [-0.3, -0.25) is 0 Å². The van der Waals surface area contributed by atoms with Gasteiger partial charge in [0.1, 0.15) is 17.1 Å². The summed E-state index contributed by atoms with van der Waals surface area (Å²) in [7, 11) is 1.62. The lowest BCUT2D eigenvalue weighted by Crippen LogP contribution is -2.16. The van der Waals surface area contributed by atoms with Crippen molar-refractivity contribution in [2.45, 2.75) is 46.6 Å². The number of carbonyl (C=O) groups is 1. The van der Waals surface area contributed by atoms with Crippen molar-refractivity contribution < 1.29 is 14.3 Å². The third-order valence-corrected chi connectivity index (χ3v) is 5.44. The molecule has 0 aliphatic carbocycles. The first-order valence-corrected chi connectivity index (χ1v) is 11.2. The first-order valence-electron chi connectivity index (χ1n) is 11.2. The van der Waals surface area contributed by atoms with Crippen molar-refractivity contribution in [3.63, 3.8) is 0 Å². The fourth-order valence-electron chi connectivity index (χ4n) is 3.50. The molecule has 0 radical (unpaired) electrons. The highest BCUT2D eigenvalue weighted by Crippen LogP contribution is 2.30. The van der Waals surface area contributed by atoms with Gasteiger partial charge < -0.3 is 14.8 Å². The number of aromatic nitrogens is 2. The standard InChI is InChI=1S/C27H30N4O3/c1-7-34-26(32)23-17(2)30-24(22-13-10-20(27(3,4)5)14-19(22)15-28)31-25(23)29-16-18-8-11-21(33-6)12-9-18/h8-14H,7,16H2,1-6H3,(H,29,30,31). The zero-order chi connectivity index (χ0) is 24.9. The van der Waals surface area contributed by atoms with Crippen molar-refractivity contribution in [3.05, 3.63) is 70.4 Å². The van der Waals surface area contributed by atoms with Crippen LogP contribution in [0.4, 0.5) is 5.82 Å². The van der Waals surface area contributed by atoms with E-state index in [1.165, 1.54) is 0 Å². The second-order valence-corrected chi connectivity index (χ2v) is 8.90. The Bertz CT molecular complexity index is 1220. The number of carbonyl (C=O) groups excluding carboxylic acids is 1. The number of hydrogen-bond donors (Lipinski definition) is 1. The van der Waals surface area contributed by atoms with Crippen LogP contribution >= 0.6 is 0 Å². The molecule has 3 rings (SSSR count). The number of nitriles is 1. The largest absolute Gasteiger partial charge is 0.497 e. The number of aryl methyl sites for hydroxylation is 1. The van der Waals surface area contributed by atoms with E-state index >= 15 is 0 Å². The lowest BCUT2D eigenvalue weighted by atomic mass is 9.85. The summed E-state index contributed by atoms with van der Waals surface area (Å²) in [6.07, 6.45) is 0. The summed E-state index contributed by atoms with van der Waals surface area (Å²) in [5.74, 6) is 1.01. The smallest absolute Gasteiger partial charge is 0.343 e. The molecule has 7 heteroatoms. The molecular formula is C27H30N4O3. The predicted molar refractivity (Wildman–Crippen MR) is 132 cm³/mol. The second kappa shape index (κ2) is 10.3. The molecule has 0 amide bonds. The van der Waals surface area contributed by atoms with Crippen LogP contribution < -0.4 is 10.1 Å². The van der Waals surface area contributed by atoms with E-state index in [1.54, 1.807) is 21.0 Å². The van der Waals surface area contributed by atoms with E-state index in [4.69, 9.17) is 9.47 Å². The molecule has 0 atom stereocenters. The normalized spacial score (nSPS) is 11.0. The molecule has 1 aromatic heterocycles. The van der Waals surface area contributed by atoms with Crippen molar-refractivity contribution in [2.24, 2.45) is 0 Å². The average Bonchev–Trinajstić information content (AvgIpc) is 2.81. The number of hydrogen-bond acceptors (Lipinski definition) is 7. The second-order valence-electron chi connectivity index (χ2n) is 8.90. The molecule has 0 bridgehead atoms. The van der Waals surface area contributed by atoms with Gasteiger partial charge in [-0.25, -0.2) is 14.8 Å². The maximum atomic E-state index is 12.7. The van der Waals surface area contributed by atoms with Crippen LogP contribution in [-0.4, -0.2) is 29.7 Å². The van der Waals surface area contributed by atoms with Crippen LogP contribution in [0.3, 0.4) is 0 Å². The summed E-state index contributed by atoms with van der Waals surface area (Å²) >= 11 is 0. The highest BCUT2D eigenvalue weighted by atomic mass is 16.5. The quantitative estimate of drug-likeness (QED) is 0.472. The van der Waals surface area contributed by atoms with Gasteiger partial charge in [-0.15, -0.1) is 0 Å². The first kappa shape index (κ1) is 24.7. The summed E-state index contributed by atoms with van der Waals surface area (Å²) in [6, 6.07) is 15.6. The van der Waals surface area contributed by atoms with E-state index in [2.05, 4.69) is 42.1 Å². The fraction of sp³-hybridized carbons (Fsp3) is 0.333. The van der Waals surface area contributed by atoms with Gasteiger partial charge in [0.2, 0.25) is 0 Å². The van der Waals surface area contributed by atoms with E-state index in [-0.39, 0.29) is 17.6 Å². The molecular weight excluding hydrogens is 428 g/mol. The van der Waals surface area contributed by atoms with Crippen LogP contribution in [0.15, 0.2) is 42.5 Å². The van der Waals surface area contributed by atoms with Crippen LogP contribution in [0.5, 0.6) is 5.75 Å². The Labute approximate surface area is 200 Å². The summed E-state index contributed by atoms with van der Waals surface area (Å²) in [4.78, 5) is 21.9. The summed E-state index contributed by atoms with van der Waals surface area (Å²) in [5, 5.41) is 13.1. The van der Waals surface area contributed by atoms with Gasteiger partial charge in [0.05, 0.1) is 31.0 Å². The SMILES string of the molecule is CCOC(=O)c1c(C)nc(-c2ccc(C(C)(C)C)cc2C#N)nc1NCc1ccc(OC)cc1. The van der Waals surface area contributed by atoms with Gasteiger partial charge in [-0.05, 0) is 54.7 Å². The molecule has 0 saturated heterocycles. The average molecular weight is 459 g/mol. The molecule has 0 saturated carbocycles. The number of nitrogens with zero attached hydrogens (tertiary/aromatic N) is 3. The Balaban J connectivity index is 2.05. The Hall–Kier alpha value is -3.92. The Morgan fingerprint density at radius 2 is 1.82 bits per heavy atom. The number of nitrogens with one attached hydrogen (secondary N) is 1. The minimum atomic E-state index is -0.493. The molecule has 2 aromatic carbocycles. The number of ether oxygens (including phenoxy) is 2. The van der Waals surface area contributed by atoms with Gasteiger partial charge in [0, 0.05) is 12.1 Å². The maximum absolute atomic E-state index is 12.7. The van der Waals surface area contributed by atoms with E-state index in [0.717, 1.165) is 16.9 Å². The van der Waals surface area contributed by atoms with Crippen LogP contribution in [-0.2, 0) is 16.7 Å². The molecule has 34 heavy (non-hydrogen) atoms. The van der Waals surface area contributed by atoms with E-state index in [9.17, 15) is 10.1 Å². The van der Waals surface area contributed by atoms with Crippen molar-refractivity contribution >= 4 is 11.8 Å². The van der Waals surface area contributed by atoms with Crippen molar-refractivity contribution in [1.29, 1.82) is 5.26 Å². The Morgan fingerprint density at radius 1 is 1.12 bits per heavy atom. The van der Waals surface area contributed by atoms with Crippen molar-refractivity contribution in [2.75, 3.05) is 19.0 Å². The number of methoxy groups -OCH3 is 1. The van der Waals surface area contributed by atoms with Crippen LogP contribution in [0.1, 0.15) is 60.4 Å². The lowest BCUT2D eigenvalue weighted by molar-refractivity contribution is 0.0525. The fourth-order valence-corrected chi connectivity index (χ4v) is 3.50. The lowest BCUT2D eigenvalue weighted by Gasteiger charge is -2.20. The topological polar surface area (TPSA) is 97.1 Å². The number of anilines is 1. The molecule has 0 unspecified atom stereocenters.